The van der Waals surface area contributed by atoms with E-state index in [0.29, 0.717) is 18.8 Å². The van der Waals surface area contributed by atoms with Gasteiger partial charge >= 0.3 is 0 Å². The van der Waals surface area contributed by atoms with Crippen molar-refractivity contribution in [3.8, 4) is 11.5 Å². The van der Waals surface area contributed by atoms with E-state index < -0.39 is 0 Å². The molecule has 1 aromatic carbocycles. The van der Waals surface area contributed by atoms with Crippen molar-refractivity contribution >= 4 is 5.91 Å². The van der Waals surface area contributed by atoms with Gasteiger partial charge in [0, 0.05) is 18.3 Å². The number of ether oxygens (including phenoxy) is 2. The number of carbonyl (C=O) groups is 1. The van der Waals surface area contributed by atoms with Crippen LogP contribution < -0.4 is 14.8 Å². The number of carbonyl (C=O) groups excluding carboxylic acids is 1. The van der Waals surface area contributed by atoms with Gasteiger partial charge in [0.1, 0.15) is 18.1 Å². The number of rotatable bonds is 6. The molecule has 1 aliphatic rings. The molecule has 6 nitrogen and oxygen atoms in total. The van der Waals surface area contributed by atoms with Gasteiger partial charge in [0.15, 0.2) is 5.69 Å². The molecule has 0 aliphatic heterocycles. The summed E-state index contributed by atoms with van der Waals surface area (Å²) in [5, 5.41) is 7.21. The monoisotopic (exact) mass is 315 g/mol. The summed E-state index contributed by atoms with van der Waals surface area (Å²) in [5.41, 5.74) is 2.84. The minimum absolute atomic E-state index is 0.123. The number of methoxy groups -OCH3 is 1. The number of aryl methyl sites for hydroxylation is 1. The van der Waals surface area contributed by atoms with Gasteiger partial charge in [0.25, 0.3) is 5.91 Å². The molecule has 0 saturated heterocycles. The molecule has 0 unspecified atom stereocenters. The summed E-state index contributed by atoms with van der Waals surface area (Å²) >= 11 is 0. The topological polar surface area (TPSA) is 65.4 Å². The molecule has 0 radical (unpaired) electrons. The first-order valence-electron chi connectivity index (χ1n) is 7.79. The highest BCUT2D eigenvalue weighted by Gasteiger charge is 2.24. The van der Waals surface area contributed by atoms with Crippen LogP contribution in [0.2, 0.25) is 0 Å². The highest BCUT2D eigenvalue weighted by Crippen LogP contribution is 2.24. The third-order valence-electron chi connectivity index (χ3n) is 4.05. The quantitative estimate of drug-likeness (QED) is 0.825. The molecule has 3 rings (SSSR count). The highest BCUT2D eigenvalue weighted by atomic mass is 16.5. The van der Waals surface area contributed by atoms with Gasteiger partial charge in [0.05, 0.1) is 13.7 Å². The molecule has 23 heavy (non-hydrogen) atoms. The van der Waals surface area contributed by atoms with Crippen LogP contribution in [0.25, 0.3) is 0 Å². The van der Waals surface area contributed by atoms with Crippen molar-refractivity contribution in [3.63, 3.8) is 0 Å². The van der Waals surface area contributed by atoms with Crippen LogP contribution in [0.1, 0.15) is 28.2 Å². The standard InChI is InChI=1S/C17H21N3O3/c1-20-15-5-3-4-14(15)16(19-20)17(21)18-10-11-23-13-8-6-12(22-2)7-9-13/h6-9H,3-5,10-11H2,1-2H3,(H,18,21). The van der Waals surface area contributed by atoms with E-state index >= 15 is 0 Å². The second-order valence-electron chi connectivity index (χ2n) is 5.53. The van der Waals surface area contributed by atoms with Gasteiger partial charge < -0.3 is 14.8 Å². The van der Waals surface area contributed by atoms with E-state index in [1.807, 2.05) is 36.0 Å². The van der Waals surface area contributed by atoms with E-state index in [4.69, 9.17) is 9.47 Å². The van der Waals surface area contributed by atoms with Crippen LogP contribution in [-0.4, -0.2) is 35.9 Å². The maximum absolute atomic E-state index is 12.3. The van der Waals surface area contributed by atoms with Gasteiger partial charge in [-0.3, -0.25) is 9.48 Å². The Morgan fingerprint density at radius 3 is 2.74 bits per heavy atom. The molecule has 0 bridgehead atoms. The molecule has 1 amide bonds. The number of hydrogen-bond acceptors (Lipinski definition) is 4. The van der Waals surface area contributed by atoms with Crippen LogP contribution in [0.5, 0.6) is 11.5 Å². The third kappa shape index (κ3) is 3.31. The fourth-order valence-corrected chi connectivity index (χ4v) is 2.88. The van der Waals surface area contributed by atoms with E-state index in [0.717, 1.165) is 36.3 Å². The van der Waals surface area contributed by atoms with Crippen molar-refractivity contribution in [2.75, 3.05) is 20.3 Å². The lowest BCUT2D eigenvalue weighted by atomic mass is 10.2. The summed E-state index contributed by atoms with van der Waals surface area (Å²) in [6.07, 6.45) is 3.04. The maximum atomic E-state index is 12.3. The highest BCUT2D eigenvalue weighted by molar-refractivity contribution is 5.94. The lowest BCUT2D eigenvalue weighted by Gasteiger charge is -2.08. The van der Waals surface area contributed by atoms with Crippen molar-refractivity contribution in [2.24, 2.45) is 7.05 Å². The van der Waals surface area contributed by atoms with Gasteiger partial charge in [-0.1, -0.05) is 0 Å². The van der Waals surface area contributed by atoms with Gasteiger partial charge in [-0.15, -0.1) is 0 Å². The Balaban J connectivity index is 1.49. The van der Waals surface area contributed by atoms with Crippen molar-refractivity contribution < 1.29 is 14.3 Å². The number of hydrogen-bond donors (Lipinski definition) is 1. The zero-order chi connectivity index (χ0) is 16.2. The fourth-order valence-electron chi connectivity index (χ4n) is 2.88. The van der Waals surface area contributed by atoms with Crippen LogP contribution in [-0.2, 0) is 19.9 Å². The Hall–Kier alpha value is -2.50. The Bertz CT molecular complexity index is 692. The van der Waals surface area contributed by atoms with Crippen LogP contribution in [0.4, 0.5) is 0 Å². The number of aromatic nitrogens is 2. The minimum Gasteiger partial charge on any atom is -0.497 e. The summed E-state index contributed by atoms with van der Waals surface area (Å²) < 4.78 is 12.5. The summed E-state index contributed by atoms with van der Waals surface area (Å²) in [7, 11) is 3.52. The molecular formula is C17H21N3O3. The molecule has 122 valence electrons. The molecule has 1 N–H and O–H groups in total. The molecular weight excluding hydrogens is 294 g/mol. The normalized spacial score (nSPS) is 12.8. The third-order valence-corrected chi connectivity index (χ3v) is 4.05. The second kappa shape index (κ2) is 6.73. The van der Waals surface area contributed by atoms with Crippen LogP contribution in [0.15, 0.2) is 24.3 Å². The van der Waals surface area contributed by atoms with E-state index in [1.165, 1.54) is 5.69 Å². The van der Waals surface area contributed by atoms with E-state index in [9.17, 15) is 4.79 Å². The Kier molecular flexibility index (Phi) is 4.50. The molecule has 0 saturated carbocycles. The van der Waals surface area contributed by atoms with Gasteiger partial charge in [0.2, 0.25) is 0 Å². The van der Waals surface area contributed by atoms with Gasteiger partial charge in [-0.05, 0) is 43.5 Å². The molecule has 6 heteroatoms. The van der Waals surface area contributed by atoms with Crippen LogP contribution in [0.3, 0.4) is 0 Å². The zero-order valence-corrected chi connectivity index (χ0v) is 13.5. The van der Waals surface area contributed by atoms with Crippen LogP contribution in [0, 0.1) is 0 Å². The van der Waals surface area contributed by atoms with Crippen LogP contribution >= 0.6 is 0 Å². The maximum Gasteiger partial charge on any atom is 0.272 e. The molecule has 1 heterocycles. The Labute approximate surface area is 135 Å². The number of fused-ring (bicyclic) bond motifs is 1. The minimum atomic E-state index is -0.123. The zero-order valence-electron chi connectivity index (χ0n) is 13.5. The predicted molar refractivity (Wildman–Crippen MR) is 86.1 cm³/mol. The predicted octanol–water partition coefficient (Wildman–Crippen LogP) is 1.73. The van der Waals surface area contributed by atoms with E-state index in [2.05, 4.69) is 10.4 Å². The summed E-state index contributed by atoms with van der Waals surface area (Å²) in [5.74, 6) is 1.41. The number of nitrogens with zero attached hydrogens (tertiary/aromatic N) is 2. The number of amides is 1. The molecule has 0 fully saturated rings. The second-order valence-corrected chi connectivity index (χ2v) is 5.53. The number of benzene rings is 1. The lowest BCUT2D eigenvalue weighted by Crippen LogP contribution is -2.29. The largest absolute Gasteiger partial charge is 0.497 e. The van der Waals surface area contributed by atoms with E-state index in [-0.39, 0.29) is 5.91 Å². The first kappa shape index (κ1) is 15.4. The average molecular weight is 315 g/mol. The summed E-state index contributed by atoms with van der Waals surface area (Å²) in [6, 6.07) is 7.36. The van der Waals surface area contributed by atoms with Crippen molar-refractivity contribution in [1.82, 2.24) is 15.1 Å². The Morgan fingerprint density at radius 2 is 2.00 bits per heavy atom. The SMILES string of the molecule is COc1ccc(OCCNC(=O)c2nn(C)c3c2CCC3)cc1. The smallest absolute Gasteiger partial charge is 0.272 e. The summed E-state index contributed by atoms with van der Waals surface area (Å²) in [6.45, 7) is 0.850. The summed E-state index contributed by atoms with van der Waals surface area (Å²) in [4.78, 5) is 12.3. The van der Waals surface area contributed by atoms with Gasteiger partial charge in [-0.25, -0.2) is 0 Å². The first-order chi connectivity index (χ1) is 11.2. The molecule has 0 spiro atoms. The molecule has 0 atom stereocenters. The van der Waals surface area contributed by atoms with Crippen molar-refractivity contribution in [1.29, 1.82) is 0 Å². The van der Waals surface area contributed by atoms with Gasteiger partial charge in [-0.2, -0.15) is 5.10 Å². The fraction of sp³-hybridized carbons (Fsp3) is 0.412. The molecule has 1 aliphatic carbocycles. The average Bonchev–Trinajstić information content (AvgIpc) is 3.16. The Morgan fingerprint density at radius 1 is 1.26 bits per heavy atom. The molecule has 1 aromatic heterocycles. The number of nitrogens with one attached hydrogen (secondary N) is 1. The first-order valence-corrected chi connectivity index (χ1v) is 7.79. The lowest BCUT2D eigenvalue weighted by molar-refractivity contribution is 0.0940. The van der Waals surface area contributed by atoms with Crippen molar-refractivity contribution in [2.45, 2.75) is 19.3 Å². The van der Waals surface area contributed by atoms with E-state index in [1.54, 1.807) is 7.11 Å². The van der Waals surface area contributed by atoms with Crippen molar-refractivity contribution in [3.05, 3.63) is 41.2 Å². The molecule has 2 aromatic rings.